The van der Waals surface area contributed by atoms with Gasteiger partial charge in [0, 0.05) is 18.2 Å². The van der Waals surface area contributed by atoms with E-state index in [0.717, 1.165) is 56.4 Å². The van der Waals surface area contributed by atoms with Gasteiger partial charge in [0.1, 0.15) is 5.75 Å². The number of ether oxygens (including phenoxy) is 3. The lowest BCUT2D eigenvalue weighted by Gasteiger charge is -2.31. The zero-order chi connectivity index (χ0) is 31.4. The average Bonchev–Trinajstić information content (AvgIpc) is 3.04. The summed E-state index contributed by atoms with van der Waals surface area (Å²) in [5, 5.41) is 3.43. The molecule has 5 rings (SSSR count). The van der Waals surface area contributed by atoms with E-state index in [1.807, 2.05) is 69.0 Å². The number of rotatable bonds is 8. The van der Waals surface area contributed by atoms with E-state index in [4.69, 9.17) is 14.2 Å². The van der Waals surface area contributed by atoms with Crippen molar-refractivity contribution in [2.75, 3.05) is 38.8 Å². The van der Waals surface area contributed by atoms with Crippen LogP contribution in [-0.2, 0) is 17.6 Å². The van der Waals surface area contributed by atoms with Crippen LogP contribution in [0.4, 0.5) is 5.69 Å². The van der Waals surface area contributed by atoms with E-state index in [0.29, 0.717) is 35.3 Å². The monoisotopic (exact) mass is 598 g/mol. The summed E-state index contributed by atoms with van der Waals surface area (Å²) in [4.78, 5) is 28.4. The molecule has 0 saturated carbocycles. The Labute approximate surface area is 261 Å². The van der Waals surface area contributed by atoms with E-state index in [-0.39, 0.29) is 17.8 Å². The third-order valence-electron chi connectivity index (χ3n) is 9.02. The van der Waals surface area contributed by atoms with E-state index >= 15 is 0 Å². The van der Waals surface area contributed by atoms with Gasteiger partial charge in [-0.25, -0.2) is 0 Å². The number of nitrogens with one attached hydrogen (secondary N) is 1. The fourth-order valence-electron chi connectivity index (χ4n) is 6.40. The van der Waals surface area contributed by atoms with Crippen LogP contribution < -0.4 is 24.4 Å². The highest BCUT2D eigenvalue weighted by atomic mass is 16.5. The Balaban J connectivity index is 1.43. The molecule has 1 aliphatic carbocycles. The molecule has 7 nitrogen and oxygen atoms in total. The molecule has 1 N–H and O–H groups in total. The van der Waals surface area contributed by atoms with Crippen molar-refractivity contribution >= 4 is 17.6 Å². The smallest absolute Gasteiger partial charge is 0.316 e. The maximum absolute atomic E-state index is 14.0. The number of hydrogen-bond donors (Lipinski definition) is 1. The zero-order valence-corrected chi connectivity index (χ0v) is 27.0. The Morgan fingerprint density at radius 1 is 0.864 bits per heavy atom. The number of amides is 1. The van der Waals surface area contributed by atoms with Crippen LogP contribution in [0.1, 0.15) is 91.4 Å². The van der Waals surface area contributed by atoms with Crippen molar-refractivity contribution in [3.05, 3.63) is 82.4 Å². The normalized spacial score (nSPS) is 17.0. The van der Waals surface area contributed by atoms with Crippen molar-refractivity contribution in [3.8, 4) is 17.2 Å². The first-order valence-electron chi connectivity index (χ1n) is 15.9. The Hall–Kier alpha value is -3.84. The zero-order valence-electron chi connectivity index (χ0n) is 27.0. The average molecular weight is 599 g/mol. The molecule has 2 aliphatic rings. The van der Waals surface area contributed by atoms with Crippen molar-refractivity contribution in [2.24, 2.45) is 5.41 Å². The van der Waals surface area contributed by atoms with Gasteiger partial charge in [0.2, 0.25) is 0 Å². The van der Waals surface area contributed by atoms with Gasteiger partial charge in [-0.3, -0.25) is 9.59 Å². The highest BCUT2D eigenvalue weighted by Gasteiger charge is 2.30. The van der Waals surface area contributed by atoms with Crippen molar-refractivity contribution in [1.82, 2.24) is 5.32 Å². The second kappa shape index (κ2) is 13.4. The summed E-state index contributed by atoms with van der Waals surface area (Å²) in [6.07, 6.45) is 4.78. The van der Waals surface area contributed by atoms with Crippen LogP contribution in [0, 0.1) is 5.41 Å². The van der Waals surface area contributed by atoms with Gasteiger partial charge in [-0.2, -0.15) is 0 Å². The molecule has 1 fully saturated rings. The van der Waals surface area contributed by atoms with E-state index in [2.05, 4.69) is 23.5 Å². The van der Waals surface area contributed by atoms with Gasteiger partial charge in [0.15, 0.2) is 11.5 Å². The molecular formula is C37H46N2O5. The first-order chi connectivity index (χ1) is 21.1. The third kappa shape index (κ3) is 6.78. The van der Waals surface area contributed by atoms with Gasteiger partial charge >= 0.3 is 5.97 Å². The Bertz CT molecular complexity index is 1480. The lowest BCUT2D eigenvalue weighted by molar-refractivity contribution is -0.143. The third-order valence-corrected chi connectivity index (χ3v) is 9.02. The molecule has 1 saturated heterocycles. The number of piperidine rings is 1. The van der Waals surface area contributed by atoms with Crippen LogP contribution in [-0.4, -0.2) is 45.7 Å². The molecular weight excluding hydrogens is 552 g/mol. The van der Waals surface area contributed by atoms with Crippen molar-refractivity contribution in [2.45, 2.75) is 71.6 Å². The molecule has 234 valence electrons. The number of esters is 1. The summed E-state index contributed by atoms with van der Waals surface area (Å²) >= 11 is 0. The molecule has 1 unspecified atom stereocenters. The number of carbonyl (C=O) groups is 2. The fraction of sp³-hybridized carbons (Fsp3) is 0.459. The highest BCUT2D eigenvalue weighted by Crippen LogP contribution is 2.44. The number of aryl methyl sites for hydroxylation is 1. The van der Waals surface area contributed by atoms with Gasteiger partial charge in [0.05, 0.1) is 25.3 Å². The quantitative estimate of drug-likeness (QED) is 0.221. The molecule has 44 heavy (non-hydrogen) atoms. The number of nitrogens with zero attached hydrogens (tertiary/aromatic N) is 1. The molecule has 0 spiro atoms. The molecule has 3 aromatic carbocycles. The lowest BCUT2D eigenvalue weighted by Crippen LogP contribution is -2.32. The summed E-state index contributed by atoms with van der Waals surface area (Å²) in [5.74, 6) is 2.27. The molecule has 3 aromatic rings. The van der Waals surface area contributed by atoms with Gasteiger partial charge in [-0.1, -0.05) is 18.2 Å². The van der Waals surface area contributed by atoms with Crippen LogP contribution in [0.15, 0.2) is 54.6 Å². The Morgan fingerprint density at radius 2 is 1.55 bits per heavy atom. The van der Waals surface area contributed by atoms with Crippen LogP contribution >= 0.6 is 0 Å². The largest absolute Gasteiger partial charge is 0.493 e. The number of hydrogen-bond acceptors (Lipinski definition) is 6. The molecule has 1 heterocycles. The molecule has 1 atom stereocenters. The summed E-state index contributed by atoms with van der Waals surface area (Å²) in [6.45, 7) is 10.2. The standard InChI is InChI=1S/C37H46N2O5/c1-7-39(35(40)26-10-8-24(9-11-26)25-16-18-38-19-17-25)32-23-34(43-6)33(42-5)22-31(32)29-13-12-28-21-30(15-14-27(28)20-29)44-36(41)37(2,3)4/h8-11,14-15,21-23,25,29,38H,7,12-13,16-20H2,1-6H3. The maximum Gasteiger partial charge on any atom is 0.316 e. The minimum absolute atomic E-state index is 0.0284. The fourth-order valence-corrected chi connectivity index (χ4v) is 6.40. The summed E-state index contributed by atoms with van der Waals surface area (Å²) in [5.41, 5.74) is 5.74. The number of carbonyl (C=O) groups excluding carboxylic acids is 2. The van der Waals surface area contributed by atoms with E-state index in [1.54, 1.807) is 14.2 Å². The van der Waals surface area contributed by atoms with E-state index in [9.17, 15) is 9.59 Å². The van der Waals surface area contributed by atoms with Gasteiger partial charge < -0.3 is 24.4 Å². The first-order valence-corrected chi connectivity index (χ1v) is 15.9. The second-order valence-electron chi connectivity index (χ2n) is 13.0. The first kappa shape index (κ1) is 31.6. The molecule has 1 aliphatic heterocycles. The van der Waals surface area contributed by atoms with Crippen LogP contribution in [0.3, 0.4) is 0 Å². The summed E-state index contributed by atoms with van der Waals surface area (Å²) < 4.78 is 17.1. The minimum Gasteiger partial charge on any atom is -0.493 e. The van der Waals surface area contributed by atoms with Crippen LogP contribution in [0.25, 0.3) is 0 Å². The van der Waals surface area contributed by atoms with Gasteiger partial charge in [0.25, 0.3) is 5.91 Å². The Morgan fingerprint density at radius 3 is 2.18 bits per heavy atom. The van der Waals surface area contributed by atoms with Gasteiger partial charge in [-0.15, -0.1) is 0 Å². The lowest BCUT2D eigenvalue weighted by atomic mass is 9.79. The number of methoxy groups -OCH3 is 2. The highest BCUT2D eigenvalue weighted by molar-refractivity contribution is 6.06. The van der Waals surface area contributed by atoms with Crippen molar-refractivity contribution < 1.29 is 23.8 Å². The van der Waals surface area contributed by atoms with E-state index < -0.39 is 5.41 Å². The minimum atomic E-state index is -0.567. The topological polar surface area (TPSA) is 77.1 Å². The predicted octanol–water partition coefficient (Wildman–Crippen LogP) is 7.06. The molecule has 0 radical (unpaired) electrons. The number of fused-ring (bicyclic) bond motifs is 1. The van der Waals surface area contributed by atoms with Gasteiger partial charge in [-0.05, 0) is 137 Å². The molecule has 7 heteroatoms. The number of benzene rings is 3. The maximum atomic E-state index is 14.0. The van der Waals surface area contributed by atoms with Crippen molar-refractivity contribution in [3.63, 3.8) is 0 Å². The van der Waals surface area contributed by atoms with Crippen LogP contribution in [0.2, 0.25) is 0 Å². The van der Waals surface area contributed by atoms with Crippen molar-refractivity contribution in [1.29, 1.82) is 0 Å². The summed E-state index contributed by atoms with van der Waals surface area (Å²) in [6, 6.07) is 18.1. The predicted molar refractivity (Wildman–Crippen MR) is 174 cm³/mol. The number of anilines is 1. The molecule has 1 amide bonds. The Kier molecular flexibility index (Phi) is 9.64. The van der Waals surface area contributed by atoms with Crippen LogP contribution in [0.5, 0.6) is 17.2 Å². The van der Waals surface area contributed by atoms with E-state index in [1.165, 1.54) is 16.7 Å². The summed E-state index contributed by atoms with van der Waals surface area (Å²) in [7, 11) is 3.27. The second-order valence-corrected chi connectivity index (χ2v) is 13.0. The molecule has 0 bridgehead atoms. The SMILES string of the molecule is CCN(C(=O)c1ccc(C2CCNCC2)cc1)c1cc(OC)c(OC)cc1C1CCc2cc(OC(=O)C(C)(C)C)ccc2C1. The molecule has 0 aromatic heterocycles.